The average Bonchev–Trinajstić information content (AvgIpc) is 2.66. The molecule has 3 N–H and O–H groups in total. The van der Waals surface area contributed by atoms with Crippen LogP contribution in [0.2, 0.25) is 0 Å². The lowest BCUT2D eigenvalue weighted by molar-refractivity contribution is -0.126. The molecule has 0 aromatic heterocycles. The van der Waals surface area contributed by atoms with Crippen LogP contribution < -0.4 is 11.1 Å². The molecule has 1 atom stereocenters. The number of nitrogens with one attached hydrogen (secondary N) is 1. The Labute approximate surface area is 91.5 Å². The molecule has 1 unspecified atom stereocenters. The first-order valence-corrected chi connectivity index (χ1v) is 5.84. The van der Waals surface area contributed by atoms with Crippen molar-refractivity contribution in [3.05, 3.63) is 0 Å². The number of amides is 1. The Bertz CT molecular complexity index is 201. The molecular weight excluding hydrogens is 192 g/mol. The summed E-state index contributed by atoms with van der Waals surface area (Å²) in [6.45, 7) is 3.86. The second kappa shape index (κ2) is 6.08. The molecule has 0 bridgehead atoms. The second-order valence-corrected chi connectivity index (χ2v) is 4.28. The van der Waals surface area contributed by atoms with Gasteiger partial charge in [-0.15, -0.1) is 0 Å². The van der Waals surface area contributed by atoms with Crippen molar-refractivity contribution in [1.29, 1.82) is 0 Å². The van der Waals surface area contributed by atoms with E-state index >= 15 is 0 Å². The van der Waals surface area contributed by atoms with Crippen molar-refractivity contribution in [2.45, 2.75) is 44.6 Å². The maximum Gasteiger partial charge on any atom is 0.242 e. The fourth-order valence-corrected chi connectivity index (χ4v) is 1.69. The number of carbonyl (C=O) groups excluding carboxylic acids is 1. The molecule has 1 saturated heterocycles. The molecule has 0 radical (unpaired) electrons. The predicted molar refractivity (Wildman–Crippen MR) is 59.5 cm³/mol. The Morgan fingerprint density at radius 1 is 1.47 bits per heavy atom. The fourth-order valence-electron chi connectivity index (χ4n) is 1.69. The van der Waals surface area contributed by atoms with Gasteiger partial charge in [-0.2, -0.15) is 0 Å². The van der Waals surface area contributed by atoms with Gasteiger partial charge in [0.15, 0.2) is 0 Å². The molecule has 4 nitrogen and oxygen atoms in total. The van der Waals surface area contributed by atoms with Gasteiger partial charge in [0.25, 0.3) is 0 Å². The van der Waals surface area contributed by atoms with Gasteiger partial charge >= 0.3 is 0 Å². The molecule has 1 amide bonds. The van der Waals surface area contributed by atoms with Crippen LogP contribution in [0.1, 0.15) is 39.0 Å². The van der Waals surface area contributed by atoms with Crippen molar-refractivity contribution < 1.29 is 9.53 Å². The molecule has 0 aromatic carbocycles. The molecule has 1 rings (SSSR count). The van der Waals surface area contributed by atoms with E-state index in [1.54, 1.807) is 0 Å². The van der Waals surface area contributed by atoms with Gasteiger partial charge in [-0.25, -0.2) is 0 Å². The van der Waals surface area contributed by atoms with Crippen molar-refractivity contribution >= 4 is 5.91 Å². The molecule has 0 aliphatic carbocycles. The van der Waals surface area contributed by atoms with E-state index in [1.807, 2.05) is 0 Å². The van der Waals surface area contributed by atoms with Crippen LogP contribution in [0.15, 0.2) is 0 Å². The van der Waals surface area contributed by atoms with Gasteiger partial charge in [0, 0.05) is 13.2 Å². The van der Waals surface area contributed by atoms with Gasteiger partial charge in [-0.1, -0.05) is 26.2 Å². The van der Waals surface area contributed by atoms with Crippen LogP contribution in [0.25, 0.3) is 0 Å². The highest BCUT2D eigenvalue weighted by atomic mass is 16.5. The van der Waals surface area contributed by atoms with Gasteiger partial charge in [0.1, 0.15) is 5.54 Å². The summed E-state index contributed by atoms with van der Waals surface area (Å²) in [6.07, 6.45) is 5.28. The fraction of sp³-hybridized carbons (Fsp3) is 0.909. The quantitative estimate of drug-likeness (QED) is 0.643. The molecule has 0 spiro atoms. The molecule has 1 fully saturated rings. The van der Waals surface area contributed by atoms with Crippen molar-refractivity contribution in [2.24, 2.45) is 5.73 Å². The summed E-state index contributed by atoms with van der Waals surface area (Å²) in [6, 6.07) is 0. The molecule has 88 valence electrons. The van der Waals surface area contributed by atoms with Crippen molar-refractivity contribution in [3.63, 3.8) is 0 Å². The number of ether oxygens (including phenoxy) is 1. The number of carbonyl (C=O) groups is 1. The molecule has 15 heavy (non-hydrogen) atoms. The molecule has 0 saturated carbocycles. The summed E-state index contributed by atoms with van der Waals surface area (Å²) in [5.74, 6) is -0.0588. The highest BCUT2D eigenvalue weighted by molar-refractivity contribution is 5.86. The van der Waals surface area contributed by atoms with Gasteiger partial charge in [-0.05, 0) is 12.8 Å². The van der Waals surface area contributed by atoms with E-state index in [2.05, 4.69) is 12.2 Å². The average molecular weight is 214 g/mol. The summed E-state index contributed by atoms with van der Waals surface area (Å²) in [5, 5.41) is 2.88. The lowest BCUT2D eigenvalue weighted by Crippen LogP contribution is -2.54. The maximum atomic E-state index is 11.7. The topological polar surface area (TPSA) is 64.4 Å². The first kappa shape index (κ1) is 12.5. The summed E-state index contributed by atoms with van der Waals surface area (Å²) in [7, 11) is 0. The van der Waals surface area contributed by atoms with Gasteiger partial charge in [-0.3, -0.25) is 4.79 Å². The summed E-state index contributed by atoms with van der Waals surface area (Å²) in [4.78, 5) is 11.7. The van der Waals surface area contributed by atoms with Crippen molar-refractivity contribution in [1.82, 2.24) is 5.32 Å². The Morgan fingerprint density at radius 2 is 2.27 bits per heavy atom. The normalized spacial score (nSPS) is 25.5. The summed E-state index contributed by atoms with van der Waals surface area (Å²) >= 11 is 0. The first-order valence-electron chi connectivity index (χ1n) is 5.84. The van der Waals surface area contributed by atoms with Crippen molar-refractivity contribution in [2.75, 3.05) is 19.8 Å². The minimum absolute atomic E-state index is 0.0588. The van der Waals surface area contributed by atoms with Crippen LogP contribution in [-0.4, -0.2) is 31.2 Å². The summed E-state index contributed by atoms with van der Waals surface area (Å²) < 4.78 is 5.14. The molecule has 1 heterocycles. The zero-order valence-corrected chi connectivity index (χ0v) is 9.55. The first-order chi connectivity index (χ1) is 7.19. The van der Waals surface area contributed by atoms with Crippen molar-refractivity contribution in [3.8, 4) is 0 Å². The molecule has 4 heteroatoms. The van der Waals surface area contributed by atoms with Gasteiger partial charge < -0.3 is 15.8 Å². The van der Waals surface area contributed by atoms with Crippen LogP contribution in [0.3, 0.4) is 0 Å². The standard InChI is InChI=1S/C11H22N2O2/c1-2-3-4-5-7-13-10(14)11(12)6-8-15-9-11/h2-9,12H2,1H3,(H,13,14). The maximum absolute atomic E-state index is 11.7. The minimum atomic E-state index is -0.773. The van der Waals surface area contributed by atoms with Gasteiger partial charge in [0.2, 0.25) is 5.91 Å². The van der Waals surface area contributed by atoms with E-state index in [0.29, 0.717) is 19.6 Å². The van der Waals surface area contributed by atoms with E-state index in [-0.39, 0.29) is 5.91 Å². The van der Waals surface area contributed by atoms with Gasteiger partial charge in [0.05, 0.1) is 6.61 Å². The van der Waals surface area contributed by atoms with Crippen LogP contribution in [0.5, 0.6) is 0 Å². The monoisotopic (exact) mass is 214 g/mol. The molecule has 1 aliphatic heterocycles. The van der Waals surface area contributed by atoms with Crippen LogP contribution in [0.4, 0.5) is 0 Å². The Kier molecular flexibility index (Phi) is 5.05. The Balaban J connectivity index is 2.12. The molecular formula is C11H22N2O2. The molecule has 0 aromatic rings. The van der Waals surface area contributed by atoms with Crippen LogP contribution in [-0.2, 0) is 9.53 Å². The Morgan fingerprint density at radius 3 is 2.87 bits per heavy atom. The highest BCUT2D eigenvalue weighted by Crippen LogP contribution is 2.15. The lowest BCUT2D eigenvalue weighted by atomic mass is 9.99. The summed E-state index contributed by atoms with van der Waals surface area (Å²) in [5.41, 5.74) is 5.13. The number of hydrogen-bond acceptors (Lipinski definition) is 3. The third-order valence-corrected chi connectivity index (χ3v) is 2.82. The zero-order chi connectivity index (χ0) is 11.1. The van der Waals surface area contributed by atoms with E-state index in [1.165, 1.54) is 19.3 Å². The zero-order valence-electron chi connectivity index (χ0n) is 9.55. The third-order valence-electron chi connectivity index (χ3n) is 2.82. The third kappa shape index (κ3) is 3.80. The smallest absolute Gasteiger partial charge is 0.242 e. The number of nitrogens with two attached hydrogens (primary N) is 1. The predicted octanol–water partition coefficient (Wildman–Crippen LogP) is 0.801. The van der Waals surface area contributed by atoms with E-state index < -0.39 is 5.54 Å². The Hall–Kier alpha value is -0.610. The minimum Gasteiger partial charge on any atom is -0.379 e. The highest BCUT2D eigenvalue weighted by Gasteiger charge is 2.37. The van der Waals surface area contributed by atoms with E-state index in [4.69, 9.17) is 10.5 Å². The second-order valence-electron chi connectivity index (χ2n) is 4.28. The SMILES string of the molecule is CCCCCCNC(=O)C1(N)CCOC1. The molecule has 1 aliphatic rings. The van der Waals surface area contributed by atoms with Crippen LogP contribution >= 0.6 is 0 Å². The largest absolute Gasteiger partial charge is 0.379 e. The van der Waals surface area contributed by atoms with Crippen LogP contribution in [0, 0.1) is 0 Å². The number of hydrogen-bond donors (Lipinski definition) is 2. The number of rotatable bonds is 6. The van der Waals surface area contributed by atoms with E-state index in [0.717, 1.165) is 13.0 Å². The number of unbranched alkanes of at least 4 members (excludes halogenated alkanes) is 3. The van der Waals surface area contributed by atoms with E-state index in [9.17, 15) is 4.79 Å². The lowest BCUT2D eigenvalue weighted by Gasteiger charge is -2.20.